The molecule has 6 heteroatoms. The van der Waals surface area contributed by atoms with Crippen molar-refractivity contribution in [3.05, 3.63) is 59.4 Å². The number of aromatic nitrogens is 1. The fourth-order valence-electron chi connectivity index (χ4n) is 2.82. The van der Waals surface area contributed by atoms with E-state index in [2.05, 4.69) is 4.98 Å². The van der Waals surface area contributed by atoms with Crippen molar-refractivity contribution in [2.75, 3.05) is 26.7 Å². The highest BCUT2D eigenvalue weighted by Gasteiger charge is 2.27. The smallest absolute Gasteiger partial charge is 0.255 e. The van der Waals surface area contributed by atoms with Crippen LogP contribution >= 0.6 is 0 Å². The zero-order valence-corrected chi connectivity index (χ0v) is 14.4. The maximum Gasteiger partial charge on any atom is 0.255 e. The van der Waals surface area contributed by atoms with Gasteiger partial charge in [-0.25, -0.2) is 0 Å². The van der Waals surface area contributed by atoms with Gasteiger partial charge in [0.25, 0.3) is 5.91 Å². The van der Waals surface area contributed by atoms with Crippen molar-refractivity contribution in [3.63, 3.8) is 0 Å². The summed E-state index contributed by atoms with van der Waals surface area (Å²) in [6.07, 6.45) is 1.56. The van der Waals surface area contributed by atoms with Crippen LogP contribution < -0.4 is 4.74 Å². The van der Waals surface area contributed by atoms with Gasteiger partial charge >= 0.3 is 0 Å². The number of hydrogen-bond acceptors (Lipinski definition) is 4. The number of carbonyl (C=O) groups excluding carboxylic acids is 2. The van der Waals surface area contributed by atoms with Gasteiger partial charge in [0.05, 0.1) is 12.7 Å². The molecule has 1 fully saturated rings. The minimum Gasteiger partial charge on any atom is -0.497 e. The van der Waals surface area contributed by atoms with Crippen LogP contribution in [-0.2, 0) is 11.3 Å². The summed E-state index contributed by atoms with van der Waals surface area (Å²) in [5.74, 6) is 0.565. The number of piperazine rings is 1. The van der Waals surface area contributed by atoms with Crippen molar-refractivity contribution in [2.24, 2.45) is 0 Å². The monoisotopic (exact) mass is 339 g/mol. The molecule has 2 heterocycles. The van der Waals surface area contributed by atoms with Crippen LogP contribution in [0, 0.1) is 6.92 Å². The molecule has 0 spiro atoms. The number of hydrogen-bond donors (Lipinski definition) is 0. The summed E-state index contributed by atoms with van der Waals surface area (Å²) in [7, 11) is 1.62. The first kappa shape index (κ1) is 17.0. The van der Waals surface area contributed by atoms with Gasteiger partial charge in [-0.05, 0) is 36.8 Å². The highest BCUT2D eigenvalue weighted by atomic mass is 16.5. The van der Waals surface area contributed by atoms with Crippen LogP contribution in [0.25, 0.3) is 0 Å². The molecule has 1 aliphatic rings. The minimum atomic E-state index is -0.151. The number of pyridine rings is 1. The van der Waals surface area contributed by atoms with E-state index < -0.39 is 0 Å². The molecule has 0 aliphatic carbocycles. The Balaban J connectivity index is 1.63. The van der Waals surface area contributed by atoms with Crippen molar-refractivity contribution in [2.45, 2.75) is 13.5 Å². The van der Waals surface area contributed by atoms with Crippen LogP contribution in [0.15, 0.2) is 42.6 Å². The van der Waals surface area contributed by atoms with Crippen LogP contribution in [0.3, 0.4) is 0 Å². The highest BCUT2D eigenvalue weighted by Crippen LogP contribution is 2.16. The number of aryl methyl sites for hydroxylation is 1. The predicted octanol–water partition coefficient (Wildman–Crippen LogP) is 1.88. The summed E-state index contributed by atoms with van der Waals surface area (Å²) < 4.78 is 5.21. The van der Waals surface area contributed by atoms with E-state index >= 15 is 0 Å². The molecule has 0 unspecified atom stereocenters. The first-order valence-corrected chi connectivity index (χ1v) is 8.19. The van der Waals surface area contributed by atoms with E-state index in [4.69, 9.17) is 4.74 Å². The van der Waals surface area contributed by atoms with Crippen LogP contribution in [0.2, 0.25) is 0 Å². The zero-order valence-electron chi connectivity index (χ0n) is 14.4. The lowest BCUT2D eigenvalue weighted by Gasteiger charge is -2.34. The van der Waals surface area contributed by atoms with Crippen molar-refractivity contribution in [1.82, 2.24) is 14.8 Å². The Hall–Kier alpha value is -2.89. The molecule has 3 rings (SSSR count). The summed E-state index contributed by atoms with van der Waals surface area (Å²) in [5.41, 5.74) is 2.38. The first-order valence-electron chi connectivity index (χ1n) is 8.19. The van der Waals surface area contributed by atoms with E-state index in [9.17, 15) is 9.59 Å². The highest BCUT2D eigenvalue weighted by molar-refractivity contribution is 5.96. The Morgan fingerprint density at radius 3 is 2.76 bits per heavy atom. The predicted molar refractivity (Wildman–Crippen MR) is 93.3 cm³/mol. The quantitative estimate of drug-likeness (QED) is 0.853. The van der Waals surface area contributed by atoms with Crippen LogP contribution in [0.5, 0.6) is 5.75 Å². The van der Waals surface area contributed by atoms with Gasteiger partial charge in [-0.2, -0.15) is 0 Å². The van der Waals surface area contributed by atoms with Gasteiger partial charge < -0.3 is 14.5 Å². The lowest BCUT2D eigenvalue weighted by Crippen LogP contribution is -2.51. The average Bonchev–Trinajstić information content (AvgIpc) is 2.63. The Morgan fingerprint density at radius 1 is 1.24 bits per heavy atom. The number of benzene rings is 1. The van der Waals surface area contributed by atoms with E-state index in [-0.39, 0.29) is 18.4 Å². The molecule has 0 atom stereocenters. The van der Waals surface area contributed by atoms with E-state index in [1.165, 1.54) is 0 Å². The molecule has 0 bridgehead atoms. The Bertz CT molecular complexity index is 774. The van der Waals surface area contributed by atoms with E-state index in [0.29, 0.717) is 25.2 Å². The summed E-state index contributed by atoms with van der Waals surface area (Å²) in [4.78, 5) is 32.4. The molecular formula is C19H21N3O3. The topological polar surface area (TPSA) is 62.7 Å². The van der Waals surface area contributed by atoms with Crippen LogP contribution in [-0.4, -0.2) is 53.3 Å². The molecule has 1 aromatic heterocycles. The average molecular weight is 339 g/mol. The van der Waals surface area contributed by atoms with Gasteiger partial charge in [0.2, 0.25) is 5.91 Å². The van der Waals surface area contributed by atoms with Crippen LogP contribution in [0.1, 0.15) is 21.6 Å². The maximum atomic E-state index is 12.5. The molecule has 2 aromatic rings. The molecule has 1 saturated heterocycles. The minimum absolute atomic E-state index is 0.0532. The van der Waals surface area contributed by atoms with Crippen LogP contribution in [0.4, 0.5) is 0 Å². The van der Waals surface area contributed by atoms with Gasteiger partial charge in [0, 0.05) is 31.5 Å². The molecule has 0 saturated carbocycles. The molecule has 1 aliphatic heterocycles. The zero-order chi connectivity index (χ0) is 17.8. The second-order valence-electron chi connectivity index (χ2n) is 6.08. The fraction of sp³-hybridized carbons (Fsp3) is 0.316. The number of nitrogens with zero attached hydrogens (tertiary/aromatic N) is 3. The second kappa shape index (κ2) is 7.34. The Morgan fingerprint density at radius 2 is 2.08 bits per heavy atom. The molecular weight excluding hydrogens is 318 g/mol. The number of carbonyl (C=O) groups is 2. The normalized spacial score (nSPS) is 14.6. The van der Waals surface area contributed by atoms with Crippen molar-refractivity contribution >= 4 is 11.8 Å². The third kappa shape index (κ3) is 3.96. The molecule has 2 amide bonds. The third-order valence-corrected chi connectivity index (χ3v) is 4.27. The molecule has 1 aromatic carbocycles. The Labute approximate surface area is 147 Å². The molecule has 130 valence electrons. The number of rotatable bonds is 4. The fourth-order valence-corrected chi connectivity index (χ4v) is 2.82. The SMILES string of the molecule is COc1cccc(CN2CCN(C(=O)c3ccc(C)nc3)CC2=O)c1. The van der Waals surface area contributed by atoms with Gasteiger partial charge in [-0.1, -0.05) is 12.1 Å². The molecule has 25 heavy (non-hydrogen) atoms. The summed E-state index contributed by atoms with van der Waals surface area (Å²) >= 11 is 0. The lowest BCUT2D eigenvalue weighted by molar-refractivity contribution is -0.135. The summed E-state index contributed by atoms with van der Waals surface area (Å²) in [5, 5.41) is 0. The van der Waals surface area contributed by atoms with E-state index in [1.807, 2.05) is 31.2 Å². The molecule has 0 N–H and O–H groups in total. The standard InChI is InChI=1S/C19H21N3O3/c1-14-6-7-16(11-20-14)19(24)22-9-8-21(18(23)13-22)12-15-4-3-5-17(10-15)25-2/h3-7,10-11H,8-9,12-13H2,1-2H3. The van der Waals surface area contributed by atoms with Gasteiger partial charge in [0.15, 0.2) is 0 Å². The Kier molecular flexibility index (Phi) is 4.97. The van der Waals surface area contributed by atoms with E-state index in [0.717, 1.165) is 17.0 Å². The van der Waals surface area contributed by atoms with Gasteiger partial charge in [0.1, 0.15) is 12.3 Å². The van der Waals surface area contributed by atoms with Gasteiger partial charge in [-0.3, -0.25) is 14.6 Å². The molecule has 6 nitrogen and oxygen atoms in total. The van der Waals surface area contributed by atoms with E-state index in [1.54, 1.807) is 35.2 Å². The lowest BCUT2D eigenvalue weighted by atomic mass is 10.1. The number of amides is 2. The maximum absolute atomic E-state index is 12.5. The number of methoxy groups -OCH3 is 1. The summed E-state index contributed by atoms with van der Waals surface area (Å²) in [6, 6.07) is 11.2. The van der Waals surface area contributed by atoms with Crippen molar-refractivity contribution in [1.29, 1.82) is 0 Å². The van der Waals surface area contributed by atoms with Gasteiger partial charge in [-0.15, -0.1) is 0 Å². The first-order chi connectivity index (χ1) is 12.1. The second-order valence-corrected chi connectivity index (χ2v) is 6.08. The van der Waals surface area contributed by atoms with Crippen molar-refractivity contribution < 1.29 is 14.3 Å². The van der Waals surface area contributed by atoms with Crippen molar-refractivity contribution in [3.8, 4) is 5.75 Å². The molecule has 0 radical (unpaired) electrons. The summed E-state index contributed by atoms with van der Waals surface area (Å²) in [6.45, 7) is 3.51. The third-order valence-electron chi connectivity index (χ3n) is 4.27. The number of ether oxygens (including phenoxy) is 1. The largest absolute Gasteiger partial charge is 0.497 e.